The van der Waals surface area contributed by atoms with Gasteiger partial charge in [0.15, 0.2) is 0 Å². The number of aldehydes is 1. The van der Waals surface area contributed by atoms with Crippen LogP contribution >= 0.6 is 0 Å². The van der Waals surface area contributed by atoms with Crippen LogP contribution < -0.4 is 4.90 Å². The SMILES string of the molecule is Cc1cccc(N2CCN(Cc3ccc(C=O)cc3)CC2)c1. The van der Waals surface area contributed by atoms with E-state index < -0.39 is 0 Å². The van der Waals surface area contributed by atoms with Crippen molar-refractivity contribution in [1.29, 1.82) is 0 Å². The molecule has 1 aliphatic heterocycles. The van der Waals surface area contributed by atoms with Gasteiger partial charge in [-0.1, -0.05) is 36.4 Å². The molecule has 0 aliphatic carbocycles. The van der Waals surface area contributed by atoms with Crippen molar-refractivity contribution in [3.05, 3.63) is 65.2 Å². The molecule has 0 unspecified atom stereocenters. The summed E-state index contributed by atoms with van der Waals surface area (Å²) in [6, 6.07) is 16.6. The smallest absolute Gasteiger partial charge is 0.150 e. The molecule has 3 nitrogen and oxygen atoms in total. The monoisotopic (exact) mass is 294 g/mol. The van der Waals surface area contributed by atoms with E-state index in [1.807, 2.05) is 12.1 Å². The fourth-order valence-electron chi connectivity index (χ4n) is 2.95. The fourth-order valence-corrected chi connectivity index (χ4v) is 2.95. The van der Waals surface area contributed by atoms with Crippen molar-refractivity contribution in [2.45, 2.75) is 13.5 Å². The number of hydrogen-bond donors (Lipinski definition) is 0. The highest BCUT2D eigenvalue weighted by atomic mass is 16.1. The Bertz CT molecular complexity index is 628. The molecule has 0 aromatic heterocycles. The number of carbonyl (C=O) groups is 1. The molecule has 0 radical (unpaired) electrons. The van der Waals surface area contributed by atoms with E-state index in [0.717, 1.165) is 44.6 Å². The average Bonchev–Trinajstić information content (AvgIpc) is 2.56. The zero-order valence-corrected chi connectivity index (χ0v) is 13.0. The topological polar surface area (TPSA) is 23.6 Å². The standard InChI is InChI=1S/C19H22N2O/c1-16-3-2-4-19(13-16)21-11-9-20(10-12-21)14-17-5-7-18(15-22)8-6-17/h2-8,13,15H,9-12,14H2,1H3. The summed E-state index contributed by atoms with van der Waals surface area (Å²) >= 11 is 0. The first-order valence-corrected chi connectivity index (χ1v) is 7.83. The molecule has 0 spiro atoms. The van der Waals surface area contributed by atoms with Gasteiger partial charge in [-0.2, -0.15) is 0 Å². The van der Waals surface area contributed by atoms with Crippen molar-refractivity contribution < 1.29 is 4.79 Å². The van der Waals surface area contributed by atoms with Crippen LogP contribution in [0.1, 0.15) is 21.5 Å². The largest absolute Gasteiger partial charge is 0.369 e. The number of piperazine rings is 1. The van der Waals surface area contributed by atoms with Gasteiger partial charge in [-0.3, -0.25) is 9.69 Å². The van der Waals surface area contributed by atoms with Gasteiger partial charge in [0.05, 0.1) is 0 Å². The second-order valence-electron chi connectivity index (χ2n) is 5.96. The predicted octanol–water partition coefficient (Wildman–Crippen LogP) is 3.13. The Labute approximate surface area is 132 Å². The van der Waals surface area contributed by atoms with Gasteiger partial charge in [0.25, 0.3) is 0 Å². The molecule has 1 heterocycles. The molecule has 3 rings (SSSR count). The molecule has 3 heteroatoms. The number of aryl methyl sites for hydroxylation is 1. The van der Waals surface area contributed by atoms with Crippen molar-refractivity contribution in [3.8, 4) is 0 Å². The first kappa shape index (κ1) is 14.8. The third kappa shape index (κ3) is 3.55. The number of nitrogens with zero attached hydrogens (tertiary/aromatic N) is 2. The molecule has 2 aromatic rings. The first-order chi connectivity index (χ1) is 10.7. The lowest BCUT2D eigenvalue weighted by Gasteiger charge is -2.36. The van der Waals surface area contributed by atoms with Crippen LogP contribution in [-0.2, 0) is 6.54 Å². The molecule has 0 bridgehead atoms. The predicted molar refractivity (Wildman–Crippen MR) is 90.5 cm³/mol. The summed E-state index contributed by atoms with van der Waals surface area (Å²) in [6.07, 6.45) is 0.893. The Morgan fingerprint density at radius 3 is 2.36 bits per heavy atom. The van der Waals surface area contributed by atoms with Crippen LogP contribution in [0.25, 0.3) is 0 Å². The summed E-state index contributed by atoms with van der Waals surface area (Å²) in [4.78, 5) is 15.6. The van der Waals surface area contributed by atoms with Gasteiger partial charge in [-0.05, 0) is 30.2 Å². The Balaban J connectivity index is 1.56. The highest BCUT2D eigenvalue weighted by Crippen LogP contribution is 2.18. The fraction of sp³-hybridized carbons (Fsp3) is 0.316. The van der Waals surface area contributed by atoms with Crippen LogP contribution in [0, 0.1) is 6.92 Å². The Morgan fingerprint density at radius 1 is 1.00 bits per heavy atom. The molecule has 0 amide bonds. The summed E-state index contributed by atoms with van der Waals surface area (Å²) < 4.78 is 0. The number of carbonyl (C=O) groups excluding carboxylic acids is 1. The number of hydrogen-bond acceptors (Lipinski definition) is 3. The van der Waals surface area contributed by atoms with Crippen molar-refractivity contribution >= 4 is 12.0 Å². The van der Waals surface area contributed by atoms with E-state index in [1.165, 1.54) is 16.8 Å². The summed E-state index contributed by atoms with van der Waals surface area (Å²) in [5.74, 6) is 0. The van der Waals surface area contributed by atoms with Crippen LogP contribution in [0.15, 0.2) is 48.5 Å². The third-order valence-corrected chi connectivity index (χ3v) is 4.26. The summed E-state index contributed by atoms with van der Waals surface area (Å²) in [5.41, 5.74) is 4.66. The van der Waals surface area contributed by atoms with Gasteiger partial charge < -0.3 is 4.90 Å². The van der Waals surface area contributed by atoms with E-state index in [9.17, 15) is 4.79 Å². The van der Waals surface area contributed by atoms with Gasteiger partial charge in [-0.25, -0.2) is 0 Å². The summed E-state index contributed by atoms with van der Waals surface area (Å²) in [6.45, 7) is 7.38. The van der Waals surface area contributed by atoms with Crippen LogP contribution in [0.4, 0.5) is 5.69 Å². The van der Waals surface area contributed by atoms with E-state index >= 15 is 0 Å². The second-order valence-corrected chi connectivity index (χ2v) is 5.96. The highest BCUT2D eigenvalue weighted by molar-refractivity contribution is 5.74. The van der Waals surface area contributed by atoms with E-state index in [0.29, 0.717) is 0 Å². The van der Waals surface area contributed by atoms with E-state index in [2.05, 4.69) is 53.1 Å². The quantitative estimate of drug-likeness (QED) is 0.809. The minimum atomic E-state index is 0.744. The van der Waals surface area contributed by atoms with Crippen LogP contribution in [0.3, 0.4) is 0 Å². The lowest BCUT2D eigenvalue weighted by molar-refractivity contribution is 0.112. The van der Waals surface area contributed by atoms with Gasteiger partial charge in [0.1, 0.15) is 6.29 Å². The van der Waals surface area contributed by atoms with E-state index in [1.54, 1.807) is 0 Å². The zero-order chi connectivity index (χ0) is 15.4. The Kier molecular flexibility index (Phi) is 4.54. The molecule has 0 atom stereocenters. The Hall–Kier alpha value is -2.13. The van der Waals surface area contributed by atoms with Gasteiger partial charge in [-0.15, -0.1) is 0 Å². The molecule has 114 valence electrons. The molecule has 2 aromatic carbocycles. The normalized spacial score (nSPS) is 15.8. The van der Waals surface area contributed by atoms with Crippen LogP contribution in [0.5, 0.6) is 0 Å². The number of anilines is 1. The molecular weight excluding hydrogens is 272 g/mol. The Morgan fingerprint density at radius 2 is 1.73 bits per heavy atom. The highest BCUT2D eigenvalue weighted by Gasteiger charge is 2.17. The lowest BCUT2D eigenvalue weighted by atomic mass is 10.1. The maximum absolute atomic E-state index is 10.7. The summed E-state index contributed by atoms with van der Waals surface area (Å²) in [5, 5.41) is 0. The van der Waals surface area contributed by atoms with Crippen molar-refractivity contribution in [3.63, 3.8) is 0 Å². The maximum atomic E-state index is 10.7. The molecule has 1 saturated heterocycles. The lowest BCUT2D eigenvalue weighted by Crippen LogP contribution is -2.45. The minimum absolute atomic E-state index is 0.744. The second kappa shape index (κ2) is 6.75. The van der Waals surface area contributed by atoms with Gasteiger partial charge in [0, 0.05) is 44.0 Å². The third-order valence-electron chi connectivity index (χ3n) is 4.26. The van der Waals surface area contributed by atoms with Crippen molar-refractivity contribution in [2.75, 3.05) is 31.1 Å². The zero-order valence-electron chi connectivity index (χ0n) is 13.0. The van der Waals surface area contributed by atoms with Crippen LogP contribution in [0.2, 0.25) is 0 Å². The number of rotatable bonds is 4. The minimum Gasteiger partial charge on any atom is -0.369 e. The van der Waals surface area contributed by atoms with Crippen molar-refractivity contribution in [1.82, 2.24) is 4.90 Å². The van der Waals surface area contributed by atoms with Gasteiger partial charge in [0.2, 0.25) is 0 Å². The molecule has 0 saturated carbocycles. The molecule has 0 N–H and O–H groups in total. The molecule has 1 fully saturated rings. The number of benzene rings is 2. The molecular formula is C19H22N2O. The van der Waals surface area contributed by atoms with Crippen LogP contribution in [-0.4, -0.2) is 37.4 Å². The van der Waals surface area contributed by atoms with Crippen molar-refractivity contribution in [2.24, 2.45) is 0 Å². The van der Waals surface area contributed by atoms with E-state index in [-0.39, 0.29) is 0 Å². The average molecular weight is 294 g/mol. The van der Waals surface area contributed by atoms with Gasteiger partial charge >= 0.3 is 0 Å². The van der Waals surface area contributed by atoms with E-state index in [4.69, 9.17) is 0 Å². The summed E-state index contributed by atoms with van der Waals surface area (Å²) in [7, 11) is 0. The maximum Gasteiger partial charge on any atom is 0.150 e. The molecule has 22 heavy (non-hydrogen) atoms. The first-order valence-electron chi connectivity index (χ1n) is 7.83. The molecule has 1 aliphatic rings.